The molecule has 0 aromatic heterocycles. The van der Waals surface area contributed by atoms with E-state index in [4.69, 9.17) is 9.47 Å². The molecule has 11 nitrogen and oxygen atoms in total. The maximum absolute atomic E-state index is 14.2. The second-order valence-electron chi connectivity index (χ2n) is 15.4. The Morgan fingerprint density at radius 1 is 1.00 bits per heavy atom. The van der Waals surface area contributed by atoms with E-state index in [1.54, 1.807) is 26.2 Å². The molecule has 4 amide bonds. The van der Waals surface area contributed by atoms with Gasteiger partial charge in [0.25, 0.3) is 0 Å². The first-order chi connectivity index (χ1) is 24.3. The van der Waals surface area contributed by atoms with Gasteiger partial charge in [-0.3, -0.25) is 19.2 Å². The highest BCUT2D eigenvalue weighted by molar-refractivity contribution is 5.92. The van der Waals surface area contributed by atoms with Crippen LogP contribution in [0.25, 0.3) is 0 Å². The van der Waals surface area contributed by atoms with Crippen molar-refractivity contribution in [2.45, 2.75) is 129 Å². The first kappa shape index (κ1) is 42.4. The maximum atomic E-state index is 14.2. The fraction of sp³-hybridized carbons (Fsp3) is 0.750. The highest BCUT2D eigenvalue weighted by atomic mass is 16.5. The predicted octanol–water partition coefficient (Wildman–Crippen LogP) is 4.38. The van der Waals surface area contributed by atoms with Crippen LogP contribution in [-0.2, 0) is 28.7 Å². The summed E-state index contributed by atoms with van der Waals surface area (Å²) >= 11 is 0. The molecule has 288 valence electrons. The molecule has 3 N–H and O–H groups in total. The van der Waals surface area contributed by atoms with Gasteiger partial charge in [-0.25, -0.2) is 0 Å². The van der Waals surface area contributed by atoms with Crippen molar-refractivity contribution >= 4 is 23.6 Å². The van der Waals surface area contributed by atoms with Crippen LogP contribution in [0.1, 0.15) is 92.9 Å². The van der Waals surface area contributed by atoms with Crippen LogP contribution in [0.5, 0.6) is 0 Å². The normalized spacial score (nSPS) is 24.4. The summed E-state index contributed by atoms with van der Waals surface area (Å²) in [6.45, 7) is 13.7. The van der Waals surface area contributed by atoms with Crippen molar-refractivity contribution < 1.29 is 28.7 Å². The van der Waals surface area contributed by atoms with E-state index in [2.05, 4.69) is 41.9 Å². The molecule has 3 rings (SSSR count). The van der Waals surface area contributed by atoms with Gasteiger partial charge in [0.1, 0.15) is 6.04 Å². The number of amides is 4. The number of nitrogens with zero attached hydrogens (tertiary/aromatic N) is 2. The summed E-state index contributed by atoms with van der Waals surface area (Å²) in [7, 11) is 4.96. The number of carbonyl (C=O) groups is 4. The summed E-state index contributed by atoms with van der Waals surface area (Å²) in [5.74, 6) is -0.860. The predicted molar refractivity (Wildman–Crippen MR) is 202 cm³/mol. The van der Waals surface area contributed by atoms with Crippen LogP contribution >= 0.6 is 0 Å². The Balaban J connectivity index is 1.70. The molecule has 11 heteroatoms. The second-order valence-corrected chi connectivity index (χ2v) is 15.4. The van der Waals surface area contributed by atoms with Crippen LogP contribution in [-0.4, -0.2) is 110 Å². The molecular formula is C40H67N5O6. The van der Waals surface area contributed by atoms with Crippen molar-refractivity contribution in [3.05, 3.63) is 36.5 Å². The van der Waals surface area contributed by atoms with Crippen LogP contribution in [0.15, 0.2) is 36.5 Å². The quantitative estimate of drug-likeness (QED) is 0.192. The number of hydrogen-bond donors (Lipinski definition) is 3. The first-order valence-electron chi connectivity index (χ1n) is 19.3. The standard InChI is InChI=1S/C40H67N5O6/c1-10-28(4)35(44(7)38(48)34(27(2)3)43-39(49)40(6)22-15-16-23-42-40)32(50-8)26-33(46)45-25-17-20-31(45)36(51-9)29(5)37(47)41-24-21-30-18-13-11-12-14-19-30/h11-14,18-19,27-32,34-36,42H,10,15-17,20-26H2,1-9H3,(H,41,47)(H,43,49)/t28?,29?,31-,32+,34-,35?,36?,40?/m0/s1. The fourth-order valence-corrected chi connectivity index (χ4v) is 7.91. The summed E-state index contributed by atoms with van der Waals surface area (Å²) in [6, 6.07) is -1.38. The molecule has 2 aliphatic heterocycles. The van der Waals surface area contributed by atoms with E-state index in [9.17, 15) is 19.2 Å². The van der Waals surface area contributed by atoms with Crippen molar-refractivity contribution in [1.82, 2.24) is 25.8 Å². The van der Waals surface area contributed by atoms with Crippen molar-refractivity contribution in [3.63, 3.8) is 0 Å². The molecule has 1 aliphatic carbocycles. The molecule has 2 fully saturated rings. The number of piperidine rings is 1. The lowest BCUT2D eigenvalue weighted by molar-refractivity contribution is -0.148. The zero-order valence-electron chi connectivity index (χ0n) is 32.8. The van der Waals surface area contributed by atoms with E-state index in [1.807, 2.05) is 56.9 Å². The third kappa shape index (κ3) is 11.2. The van der Waals surface area contributed by atoms with Gasteiger partial charge in [-0.1, -0.05) is 77.5 Å². The van der Waals surface area contributed by atoms with Gasteiger partial charge in [0.05, 0.1) is 42.2 Å². The summed E-state index contributed by atoms with van der Waals surface area (Å²) in [5, 5.41) is 9.50. The molecule has 51 heavy (non-hydrogen) atoms. The number of ether oxygens (including phenoxy) is 2. The Labute approximate surface area is 307 Å². The molecule has 0 saturated carbocycles. The highest BCUT2D eigenvalue weighted by Crippen LogP contribution is 2.30. The molecule has 5 unspecified atom stereocenters. The third-order valence-electron chi connectivity index (χ3n) is 11.4. The minimum atomic E-state index is -0.724. The summed E-state index contributed by atoms with van der Waals surface area (Å²) < 4.78 is 12.0. The molecule has 0 aromatic carbocycles. The zero-order valence-corrected chi connectivity index (χ0v) is 32.8. The van der Waals surface area contributed by atoms with Crippen molar-refractivity contribution in [2.75, 3.05) is 40.9 Å². The molecule has 0 radical (unpaired) electrons. The van der Waals surface area contributed by atoms with E-state index >= 15 is 0 Å². The number of carbonyl (C=O) groups excluding carboxylic acids is 4. The smallest absolute Gasteiger partial charge is 0.245 e. The lowest BCUT2D eigenvalue weighted by atomic mass is 9.88. The van der Waals surface area contributed by atoms with Gasteiger partial charge in [-0.15, -0.1) is 0 Å². The van der Waals surface area contributed by atoms with Crippen LogP contribution in [0.4, 0.5) is 0 Å². The number of nitrogens with one attached hydrogen (secondary N) is 3. The number of rotatable bonds is 18. The Bertz CT molecular complexity index is 1230. The largest absolute Gasteiger partial charge is 0.379 e. The van der Waals surface area contributed by atoms with Gasteiger partial charge in [-0.2, -0.15) is 0 Å². The van der Waals surface area contributed by atoms with E-state index in [1.165, 1.54) is 0 Å². The van der Waals surface area contributed by atoms with Gasteiger partial charge in [0.15, 0.2) is 0 Å². The van der Waals surface area contributed by atoms with Gasteiger partial charge in [-0.05, 0) is 69.7 Å². The van der Waals surface area contributed by atoms with Crippen molar-refractivity contribution in [2.24, 2.45) is 23.7 Å². The van der Waals surface area contributed by atoms with E-state index in [0.29, 0.717) is 13.1 Å². The van der Waals surface area contributed by atoms with E-state index < -0.39 is 35.7 Å². The Hall–Kier alpha value is -3.02. The minimum absolute atomic E-state index is 0.0165. The Morgan fingerprint density at radius 2 is 1.69 bits per heavy atom. The number of hydrogen-bond acceptors (Lipinski definition) is 7. The van der Waals surface area contributed by atoms with Gasteiger partial charge in [0.2, 0.25) is 23.6 Å². The van der Waals surface area contributed by atoms with Gasteiger partial charge < -0.3 is 35.2 Å². The monoisotopic (exact) mass is 714 g/mol. The van der Waals surface area contributed by atoms with Crippen LogP contribution in [0, 0.1) is 23.7 Å². The number of likely N-dealkylation sites (N-methyl/N-ethyl adjacent to an activating group) is 1. The topological polar surface area (TPSA) is 129 Å². The number of allylic oxidation sites excluding steroid dienone is 6. The van der Waals surface area contributed by atoms with Crippen molar-refractivity contribution in [3.8, 4) is 0 Å². The molecule has 0 aromatic rings. The van der Waals surface area contributed by atoms with Crippen LogP contribution in [0.2, 0.25) is 0 Å². The molecule has 8 atom stereocenters. The second kappa shape index (κ2) is 20.3. The fourth-order valence-electron chi connectivity index (χ4n) is 7.91. The first-order valence-corrected chi connectivity index (χ1v) is 19.3. The highest BCUT2D eigenvalue weighted by Gasteiger charge is 2.43. The lowest BCUT2D eigenvalue weighted by Crippen LogP contribution is -2.63. The molecule has 2 saturated heterocycles. The van der Waals surface area contributed by atoms with Gasteiger partial charge >= 0.3 is 0 Å². The number of methoxy groups -OCH3 is 2. The molecule has 2 heterocycles. The minimum Gasteiger partial charge on any atom is -0.379 e. The Morgan fingerprint density at radius 3 is 2.25 bits per heavy atom. The van der Waals surface area contributed by atoms with Gasteiger partial charge in [0, 0.05) is 34.4 Å². The zero-order chi connectivity index (χ0) is 37.7. The average Bonchev–Trinajstić information content (AvgIpc) is 3.45. The maximum Gasteiger partial charge on any atom is 0.245 e. The Kier molecular flexibility index (Phi) is 16.9. The van der Waals surface area contributed by atoms with Crippen LogP contribution in [0.3, 0.4) is 0 Å². The van der Waals surface area contributed by atoms with E-state index in [-0.39, 0.29) is 53.8 Å². The molecule has 0 spiro atoms. The summed E-state index contributed by atoms with van der Waals surface area (Å²) in [4.78, 5) is 58.6. The molecule has 0 bridgehead atoms. The summed E-state index contributed by atoms with van der Waals surface area (Å²) in [5.41, 5.74) is -0.714. The average molecular weight is 714 g/mol. The SMILES string of the molecule is CCC(C)C([C@@H](CC(=O)N1CCC[C@H]1C(OC)C(C)C(=O)NCCC1C=CC=CC=C1)OC)N(C)C(=O)[C@@H](NC(=O)C1(C)CCCCN1)C(C)C. The molecule has 3 aliphatic rings. The lowest BCUT2D eigenvalue weighted by Gasteiger charge is -2.41. The third-order valence-corrected chi connectivity index (χ3v) is 11.4. The van der Waals surface area contributed by atoms with Crippen molar-refractivity contribution in [1.29, 1.82) is 0 Å². The molecular weight excluding hydrogens is 646 g/mol. The van der Waals surface area contributed by atoms with Crippen LogP contribution < -0.4 is 16.0 Å². The number of likely N-dealkylation sites (tertiary alicyclic amines) is 1. The summed E-state index contributed by atoms with van der Waals surface area (Å²) in [6.07, 6.45) is 17.1. The van der Waals surface area contributed by atoms with E-state index in [0.717, 1.165) is 51.5 Å².